The van der Waals surface area contributed by atoms with Gasteiger partial charge in [0.15, 0.2) is 5.78 Å². The molecule has 0 heterocycles. The molecule has 1 aromatic carbocycles. The summed E-state index contributed by atoms with van der Waals surface area (Å²) >= 11 is 0. The van der Waals surface area contributed by atoms with Crippen LogP contribution in [0.5, 0.6) is 0 Å². The number of ketones is 1. The van der Waals surface area contributed by atoms with Gasteiger partial charge in [-0.15, -0.1) is 0 Å². The van der Waals surface area contributed by atoms with Crippen molar-refractivity contribution < 1.29 is 4.79 Å². The van der Waals surface area contributed by atoms with Crippen LogP contribution >= 0.6 is 0 Å². The Kier molecular flexibility index (Phi) is 7.70. The molecule has 1 fully saturated rings. The van der Waals surface area contributed by atoms with Crippen molar-refractivity contribution in [2.45, 2.75) is 89.9 Å². The molecular formula is C21H32O. The van der Waals surface area contributed by atoms with E-state index in [1.165, 1.54) is 82.6 Å². The second-order valence-corrected chi connectivity index (χ2v) is 6.99. The molecule has 1 aliphatic rings. The Morgan fingerprint density at radius 3 is 1.55 bits per heavy atom. The van der Waals surface area contributed by atoms with E-state index in [0.717, 1.165) is 5.56 Å². The zero-order valence-corrected chi connectivity index (χ0v) is 14.3. The molecular weight excluding hydrogens is 268 g/mol. The van der Waals surface area contributed by atoms with Crippen LogP contribution in [-0.4, -0.2) is 5.78 Å². The van der Waals surface area contributed by atoms with Crippen molar-refractivity contribution in [2.24, 2.45) is 0 Å². The van der Waals surface area contributed by atoms with Crippen LogP contribution in [0.4, 0.5) is 0 Å². The lowest BCUT2D eigenvalue weighted by atomic mass is 9.88. The fourth-order valence-corrected chi connectivity index (χ4v) is 3.66. The molecule has 0 amide bonds. The van der Waals surface area contributed by atoms with E-state index in [1.807, 2.05) is 12.1 Å². The van der Waals surface area contributed by atoms with Gasteiger partial charge in [-0.1, -0.05) is 88.5 Å². The van der Waals surface area contributed by atoms with Gasteiger partial charge in [0.2, 0.25) is 0 Å². The van der Waals surface area contributed by atoms with Crippen molar-refractivity contribution in [3.63, 3.8) is 0 Å². The van der Waals surface area contributed by atoms with Gasteiger partial charge >= 0.3 is 0 Å². The van der Waals surface area contributed by atoms with Crippen molar-refractivity contribution in [3.8, 4) is 0 Å². The zero-order valence-electron chi connectivity index (χ0n) is 14.3. The molecule has 0 atom stereocenters. The SMILES string of the molecule is CC(=O)c1ccc(C2CCCCCCCCCCCC2)cc1. The maximum Gasteiger partial charge on any atom is 0.159 e. The van der Waals surface area contributed by atoms with Gasteiger partial charge in [0.05, 0.1) is 0 Å². The minimum atomic E-state index is 0.168. The van der Waals surface area contributed by atoms with Crippen molar-refractivity contribution >= 4 is 5.78 Å². The minimum absolute atomic E-state index is 0.168. The van der Waals surface area contributed by atoms with Crippen LogP contribution < -0.4 is 0 Å². The zero-order chi connectivity index (χ0) is 15.6. The average Bonchev–Trinajstić information content (AvgIpc) is 2.56. The van der Waals surface area contributed by atoms with E-state index >= 15 is 0 Å². The maximum atomic E-state index is 11.4. The van der Waals surface area contributed by atoms with E-state index in [0.29, 0.717) is 5.92 Å². The van der Waals surface area contributed by atoms with Crippen molar-refractivity contribution in [3.05, 3.63) is 35.4 Å². The highest BCUT2D eigenvalue weighted by atomic mass is 16.1. The number of hydrogen-bond donors (Lipinski definition) is 0. The highest BCUT2D eigenvalue weighted by molar-refractivity contribution is 5.94. The number of Topliss-reactive ketones (excluding diaryl/α,β-unsaturated/α-hetero) is 1. The summed E-state index contributed by atoms with van der Waals surface area (Å²) in [6.07, 6.45) is 16.7. The molecule has 0 saturated heterocycles. The normalized spacial score (nSPS) is 19.7. The first-order chi connectivity index (χ1) is 10.8. The molecule has 122 valence electrons. The highest BCUT2D eigenvalue weighted by Gasteiger charge is 2.12. The maximum absolute atomic E-state index is 11.4. The summed E-state index contributed by atoms with van der Waals surface area (Å²) in [7, 11) is 0. The van der Waals surface area contributed by atoms with Gasteiger partial charge in [-0.25, -0.2) is 0 Å². The lowest BCUT2D eigenvalue weighted by Crippen LogP contribution is -2.01. The Bertz CT molecular complexity index is 418. The number of carbonyl (C=O) groups is 1. The van der Waals surface area contributed by atoms with Crippen LogP contribution in [0.25, 0.3) is 0 Å². The highest BCUT2D eigenvalue weighted by Crippen LogP contribution is 2.29. The number of rotatable bonds is 2. The van der Waals surface area contributed by atoms with Crippen LogP contribution in [0.3, 0.4) is 0 Å². The Hall–Kier alpha value is -1.11. The lowest BCUT2D eigenvalue weighted by molar-refractivity contribution is 0.101. The Morgan fingerprint density at radius 1 is 0.727 bits per heavy atom. The molecule has 0 radical (unpaired) electrons. The summed E-state index contributed by atoms with van der Waals surface area (Å²) in [5, 5.41) is 0. The smallest absolute Gasteiger partial charge is 0.159 e. The van der Waals surface area contributed by atoms with E-state index in [9.17, 15) is 4.79 Å². The minimum Gasteiger partial charge on any atom is -0.295 e. The van der Waals surface area contributed by atoms with E-state index in [1.54, 1.807) is 6.92 Å². The summed E-state index contributed by atoms with van der Waals surface area (Å²) in [5.74, 6) is 0.864. The summed E-state index contributed by atoms with van der Waals surface area (Å²) in [4.78, 5) is 11.4. The Balaban J connectivity index is 1.95. The molecule has 0 bridgehead atoms. The van der Waals surface area contributed by atoms with Crippen LogP contribution in [0.1, 0.15) is 106 Å². The first-order valence-corrected chi connectivity index (χ1v) is 9.38. The van der Waals surface area contributed by atoms with Crippen LogP contribution in [0.15, 0.2) is 24.3 Å². The van der Waals surface area contributed by atoms with Crippen LogP contribution in [0, 0.1) is 0 Å². The number of hydrogen-bond acceptors (Lipinski definition) is 1. The van der Waals surface area contributed by atoms with Crippen molar-refractivity contribution in [1.82, 2.24) is 0 Å². The molecule has 2 rings (SSSR count). The quantitative estimate of drug-likeness (QED) is 0.557. The molecule has 1 aromatic rings. The first-order valence-electron chi connectivity index (χ1n) is 9.38. The third-order valence-electron chi connectivity index (χ3n) is 5.14. The van der Waals surface area contributed by atoms with E-state index in [4.69, 9.17) is 0 Å². The predicted molar refractivity (Wildman–Crippen MR) is 94.6 cm³/mol. The monoisotopic (exact) mass is 300 g/mol. The molecule has 1 nitrogen and oxygen atoms in total. The third kappa shape index (κ3) is 5.94. The molecule has 1 saturated carbocycles. The molecule has 0 aliphatic heterocycles. The van der Waals surface area contributed by atoms with Crippen LogP contribution in [-0.2, 0) is 0 Å². The molecule has 0 aromatic heterocycles. The van der Waals surface area contributed by atoms with Gasteiger partial charge in [-0.3, -0.25) is 4.79 Å². The van der Waals surface area contributed by atoms with Gasteiger partial charge < -0.3 is 0 Å². The second kappa shape index (κ2) is 9.82. The predicted octanol–water partition coefficient (Wildman–Crippen LogP) is 6.67. The topological polar surface area (TPSA) is 17.1 Å². The number of carbonyl (C=O) groups excluding carboxylic acids is 1. The summed E-state index contributed by atoms with van der Waals surface area (Å²) in [5.41, 5.74) is 2.29. The van der Waals surface area contributed by atoms with Gasteiger partial charge in [-0.05, 0) is 31.2 Å². The number of benzene rings is 1. The van der Waals surface area contributed by atoms with Gasteiger partial charge in [-0.2, -0.15) is 0 Å². The summed E-state index contributed by atoms with van der Waals surface area (Å²) in [6.45, 7) is 1.65. The summed E-state index contributed by atoms with van der Waals surface area (Å²) in [6, 6.07) is 8.41. The van der Waals surface area contributed by atoms with Crippen LogP contribution in [0.2, 0.25) is 0 Å². The average molecular weight is 300 g/mol. The first kappa shape index (κ1) is 17.2. The van der Waals surface area contributed by atoms with Crippen molar-refractivity contribution in [1.29, 1.82) is 0 Å². The lowest BCUT2D eigenvalue weighted by Gasteiger charge is -2.18. The van der Waals surface area contributed by atoms with Crippen molar-refractivity contribution in [2.75, 3.05) is 0 Å². The Labute approximate surface area is 136 Å². The molecule has 0 unspecified atom stereocenters. The fourth-order valence-electron chi connectivity index (χ4n) is 3.66. The second-order valence-electron chi connectivity index (χ2n) is 6.99. The van der Waals surface area contributed by atoms with E-state index in [2.05, 4.69) is 12.1 Å². The molecule has 1 heteroatoms. The molecule has 0 N–H and O–H groups in total. The Morgan fingerprint density at radius 2 is 1.14 bits per heavy atom. The molecule has 22 heavy (non-hydrogen) atoms. The van der Waals surface area contributed by atoms with E-state index in [-0.39, 0.29) is 5.78 Å². The molecule has 1 aliphatic carbocycles. The largest absolute Gasteiger partial charge is 0.295 e. The van der Waals surface area contributed by atoms with Gasteiger partial charge in [0, 0.05) is 5.56 Å². The third-order valence-corrected chi connectivity index (χ3v) is 5.14. The van der Waals surface area contributed by atoms with Gasteiger partial charge in [0.25, 0.3) is 0 Å². The fraction of sp³-hybridized carbons (Fsp3) is 0.667. The van der Waals surface area contributed by atoms with E-state index < -0.39 is 0 Å². The summed E-state index contributed by atoms with van der Waals surface area (Å²) < 4.78 is 0. The molecule has 0 spiro atoms. The standard InChI is InChI=1S/C21H32O/c1-18(22)19-14-16-21(17-15-19)20-12-10-8-6-4-2-3-5-7-9-11-13-20/h14-17,20H,2-13H2,1H3. The van der Waals surface area contributed by atoms with Gasteiger partial charge in [0.1, 0.15) is 0 Å².